The van der Waals surface area contributed by atoms with Crippen LogP contribution in [0.15, 0.2) is 18.2 Å². The van der Waals surface area contributed by atoms with Crippen LogP contribution in [0.3, 0.4) is 0 Å². The van der Waals surface area contributed by atoms with Crippen LogP contribution in [0.5, 0.6) is 5.75 Å². The minimum absolute atomic E-state index is 0.0650. The van der Waals surface area contributed by atoms with Gasteiger partial charge in [0.2, 0.25) is 11.8 Å². The maximum atomic E-state index is 12.1. The fourth-order valence-corrected chi connectivity index (χ4v) is 3.38. The van der Waals surface area contributed by atoms with Gasteiger partial charge in [0, 0.05) is 24.6 Å². The van der Waals surface area contributed by atoms with Crippen molar-refractivity contribution in [2.45, 2.75) is 45.1 Å². The molecular formula is C19H27N3O3. The second-order valence-electron chi connectivity index (χ2n) is 6.96. The maximum absolute atomic E-state index is 12.1. The van der Waals surface area contributed by atoms with E-state index in [1.165, 1.54) is 0 Å². The third-order valence-corrected chi connectivity index (χ3v) is 4.92. The Balaban J connectivity index is 1.38. The van der Waals surface area contributed by atoms with Crippen LogP contribution in [0.1, 0.15) is 38.2 Å². The van der Waals surface area contributed by atoms with Gasteiger partial charge in [0.15, 0.2) is 0 Å². The summed E-state index contributed by atoms with van der Waals surface area (Å²) in [7, 11) is 0. The number of ether oxygens (including phenoxy) is 1. The SMILES string of the molecule is CC1CNCCC1NC(=O)CCCOc1ccc2c(c1)CCC(=O)N2. The van der Waals surface area contributed by atoms with Gasteiger partial charge in [-0.1, -0.05) is 6.92 Å². The van der Waals surface area contributed by atoms with Gasteiger partial charge < -0.3 is 20.7 Å². The smallest absolute Gasteiger partial charge is 0.224 e. The van der Waals surface area contributed by atoms with E-state index >= 15 is 0 Å². The molecule has 2 heterocycles. The number of amides is 2. The van der Waals surface area contributed by atoms with Gasteiger partial charge in [-0.25, -0.2) is 0 Å². The summed E-state index contributed by atoms with van der Waals surface area (Å²) in [5.74, 6) is 1.44. The van der Waals surface area contributed by atoms with Crippen LogP contribution in [0, 0.1) is 5.92 Å². The van der Waals surface area contributed by atoms with Gasteiger partial charge in [-0.15, -0.1) is 0 Å². The van der Waals surface area contributed by atoms with Crippen molar-refractivity contribution in [3.05, 3.63) is 23.8 Å². The van der Waals surface area contributed by atoms with Crippen molar-refractivity contribution in [3.8, 4) is 5.75 Å². The highest BCUT2D eigenvalue weighted by Gasteiger charge is 2.22. The Morgan fingerprint density at radius 1 is 1.36 bits per heavy atom. The summed E-state index contributed by atoms with van der Waals surface area (Å²) >= 11 is 0. The maximum Gasteiger partial charge on any atom is 0.224 e. The molecule has 0 saturated carbocycles. The summed E-state index contributed by atoms with van der Waals surface area (Å²) in [5, 5.41) is 9.34. The number of hydrogen-bond acceptors (Lipinski definition) is 4. The Hall–Kier alpha value is -2.08. The molecule has 0 radical (unpaired) electrons. The molecule has 1 aromatic rings. The summed E-state index contributed by atoms with van der Waals surface area (Å²) in [5.41, 5.74) is 1.98. The van der Waals surface area contributed by atoms with Crippen molar-refractivity contribution in [1.82, 2.24) is 10.6 Å². The van der Waals surface area contributed by atoms with Crippen LogP contribution in [0.4, 0.5) is 5.69 Å². The van der Waals surface area contributed by atoms with Crippen molar-refractivity contribution in [2.75, 3.05) is 25.0 Å². The zero-order valence-corrected chi connectivity index (χ0v) is 14.8. The van der Waals surface area contributed by atoms with Gasteiger partial charge in [-0.2, -0.15) is 0 Å². The molecule has 2 aliphatic rings. The predicted octanol–water partition coefficient (Wildman–Crippen LogP) is 1.84. The van der Waals surface area contributed by atoms with Crippen LogP contribution in [0.2, 0.25) is 0 Å². The number of aryl methyl sites for hydroxylation is 1. The number of carbonyl (C=O) groups is 2. The molecule has 1 fully saturated rings. The summed E-state index contributed by atoms with van der Waals surface area (Å²) in [6.07, 6.45) is 3.44. The molecule has 0 aliphatic carbocycles. The first-order chi connectivity index (χ1) is 12.1. The van der Waals surface area contributed by atoms with Crippen LogP contribution >= 0.6 is 0 Å². The number of benzene rings is 1. The van der Waals surface area contributed by atoms with Crippen molar-refractivity contribution >= 4 is 17.5 Å². The predicted molar refractivity (Wildman–Crippen MR) is 96.7 cm³/mol. The van der Waals surface area contributed by atoms with Crippen molar-refractivity contribution in [3.63, 3.8) is 0 Å². The number of rotatable bonds is 6. The highest BCUT2D eigenvalue weighted by Crippen LogP contribution is 2.26. The summed E-state index contributed by atoms with van der Waals surface area (Å²) in [6, 6.07) is 6.00. The molecule has 2 amide bonds. The monoisotopic (exact) mass is 345 g/mol. The van der Waals surface area contributed by atoms with E-state index < -0.39 is 0 Å². The molecule has 1 saturated heterocycles. The molecule has 25 heavy (non-hydrogen) atoms. The molecule has 2 aliphatic heterocycles. The zero-order valence-electron chi connectivity index (χ0n) is 14.8. The van der Waals surface area contributed by atoms with Gasteiger partial charge in [-0.05, 0) is 62.0 Å². The number of piperidine rings is 1. The molecule has 0 spiro atoms. The number of carbonyl (C=O) groups excluding carboxylic acids is 2. The van der Waals surface area contributed by atoms with E-state index in [4.69, 9.17) is 4.74 Å². The van der Waals surface area contributed by atoms with E-state index in [0.29, 0.717) is 31.8 Å². The average molecular weight is 345 g/mol. The van der Waals surface area contributed by atoms with Crippen molar-refractivity contribution < 1.29 is 14.3 Å². The van der Waals surface area contributed by atoms with Crippen LogP contribution < -0.4 is 20.7 Å². The lowest BCUT2D eigenvalue weighted by atomic mass is 9.95. The third kappa shape index (κ3) is 4.95. The standard InChI is InChI=1S/C19H27N3O3/c1-13-12-20-9-8-16(13)21-18(23)3-2-10-25-15-5-6-17-14(11-15)4-7-19(24)22-17/h5-6,11,13,16,20H,2-4,7-10,12H2,1H3,(H,21,23)(H,22,24). The highest BCUT2D eigenvalue weighted by atomic mass is 16.5. The van der Waals surface area contributed by atoms with Crippen LogP contribution in [-0.4, -0.2) is 37.6 Å². The average Bonchev–Trinajstić information content (AvgIpc) is 2.61. The van der Waals surface area contributed by atoms with Gasteiger partial charge in [0.1, 0.15) is 5.75 Å². The zero-order chi connectivity index (χ0) is 17.6. The lowest BCUT2D eigenvalue weighted by Gasteiger charge is -2.30. The van der Waals surface area contributed by atoms with E-state index in [1.54, 1.807) is 0 Å². The molecule has 6 heteroatoms. The fraction of sp³-hybridized carbons (Fsp3) is 0.579. The first-order valence-electron chi connectivity index (χ1n) is 9.17. The highest BCUT2D eigenvalue weighted by molar-refractivity contribution is 5.94. The summed E-state index contributed by atoms with van der Waals surface area (Å²) in [4.78, 5) is 23.4. The minimum atomic E-state index is 0.0650. The minimum Gasteiger partial charge on any atom is -0.494 e. The lowest BCUT2D eigenvalue weighted by molar-refractivity contribution is -0.122. The molecule has 2 atom stereocenters. The third-order valence-electron chi connectivity index (χ3n) is 4.92. The molecule has 6 nitrogen and oxygen atoms in total. The molecule has 3 N–H and O–H groups in total. The molecule has 136 valence electrons. The molecule has 0 bridgehead atoms. The number of hydrogen-bond donors (Lipinski definition) is 3. The Morgan fingerprint density at radius 3 is 3.08 bits per heavy atom. The number of fused-ring (bicyclic) bond motifs is 1. The second kappa shape index (κ2) is 8.34. The quantitative estimate of drug-likeness (QED) is 0.688. The van der Waals surface area contributed by atoms with Gasteiger partial charge in [0.25, 0.3) is 0 Å². The molecule has 3 rings (SSSR count). The topological polar surface area (TPSA) is 79.5 Å². The Kier molecular flexibility index (Phi) is 5.91. The molecule has 0 aromatic heterocycles. The van der Waals surface area contributed by atoms with Gasteiger partial charge in [0.05, 0.1) is 6.61 Å². The van der Waals surface area contributed by atoms with E-state index in [-0.39, 0.29) is 17.9 Å². The van der Waals surface area contributed by atoms with Gasteiger partial charge >= 0.3 is 0 Å². The van der Waals surface area contributed by atoms with Crippen LogP contribution in [-0.2, 0) is 16.0 Å². The van der Waals surface area contributed by atoms with Crippen LogP contribution in [0.25, 0.3) is 0 Å². The van der Waals surface area contributed by atoms with Crippen molar-refractivity contribution in [1.29, 1.82) is 0 Å². The van der Waals surface area contributed by atoms with Gasteiger partial charge in [-0.3, -0.25) is 9.59 Å². The number of nitrogens with one attached hydrogen (secondary N) is 3. The summed E-state index contributed by atoms with van der Waals surface area (Å²) < 4.78 is 5.76. The van der Waals surface area contributed by atoms with E-state index in [9.17, 15) is 9.59 Å². The first-order valence-corrected chi connectivity index (χ1v) is 9.17. The Bertz CT molecular complexity index is 632. The van der Waals surface area contributed by atoms with E-state index in [0.717, 1.165) is 42.9 Å². The molecule has 1 aromatic carbocycles. The fourth-order valence-electron chi connectivity index (χ4n) is 3.38. The first kappa shape index (κ1) is 17.7. The molecular weight excluding hydrogens is 318 g/mol. The second-order valence-corrected chi connectivity index (χ2v) is 6.96. The van der Waals surface area contributed by atoms with Crippen molar-refractivity contribution in [2.24, 2.45) is 5.92 Å². The summed E-state index contributed by atoms with van der Waals surface area (Å²) in [6.45, 7) is 4.61. The normalized spacial score (nSPS) is 22.7. The largest absolute Gasteiger partial charge is 0.494 e. The molecule has 2 unspecified atom stereocenters. The Labute approximate surface area is 148 Å². The number of anilines is 1. The Morgan fingerprint density at radius 2 is 2.24 bits per heavy atom. The van der Waals surface area contributed by atoms with E-state index in [2.05, 4.69) is 22.9 Å². The van der Waals surface area contributed by atoms with E-state index in [1.807, 2.05) is 18.2 Å². The lowest BCUT2D eigenvalue weighted by Crippen LogP contribution is -2.48.